The van der Waals surface area contributed by atoms with Gasteiger partial charge in [-0.2, -0.15) is 0 Å². The van der Waals surface area contributed by atoms with E-state index in [9.17, 15) is 9.59 Å². The maximum Gasteiger partial charge on any atom is 0.274 e. The second-order valence-electron chi connectivity index (χ2n) is 8.79. The van der Waals surface area contributed by atoms with Crippen molar-refractivity contribution in [1.82, 2.24) is 14.5 Å². The predicted molar refractivity (Wildman–Crippen MR) is 125 cm³/mol. The summed E-state index contributed by atoms with van der Waals surface area (Å²) in [6.07, 6.45) is 6.19. The third-order valence-electron chi connectivity index (χ3n) is 7.00. The highest BCUT2D eigenvalue weighted by atomic mass is 16.2. The first kappa shape index (κ1) is 19.6. The van der Waals surface area contributed by atoms with E-state index in [2.05, 4.69) is 29.6 Å². The highest BCUT2D eigenvalue weighted by Crippen LogP contribution is 2.40. The molecule has 1 amide bonds. The van der Waals surface area contributed by atoms with E-state index in [1.807, 2.05) is 41.9 Å². The van der Waals surface area contributed by atoms with Crippen LogP contribution in [0.3, 0.4) is 0 Å². The Morgan fingerprint density at radius 2 is 1.68 bits per heavy atom. The molecule has 0 unspecified atom stereocenters. The van der Waals surface area contributed by atoms with E-state index in [1.165, 1.54) is 23.0 Å². The van der Waals surface area contributed by atoms with Crippen molar-refractivity contribution >= 4 is 27.7 Å². The van der Waals surface area contributed by atoms with E-state index in [4.69, 9.17) is 0 Å². The van der Waals surface area contributed by atoms with Gasteiger partial charge in [0.2, 0.25) is 0 Å². The molecule has 1 aliphatic carbocycles. The van der Waals surface area contributed by atoms with Crippen LogP contribution in [0, 0.1) is 0 Å². The maximum absolute atomic E-state index is 13.5. The van der Waals surface area contributed by atoms with Gasteiger partial charge >= 0.3 is 0 Å². The van der Waals surface area contributed by atoms with Crippen LogP contribution < -0.4 is 10.9 Å². The Kier molecular flexibility index (Phi) is 4.69. The van der Waals surface area contributed by atoms with Gasteiger partial charge in [0, 0.05) is 48.5 Å². The Morgan fingerprint density at radius 1 is 1.00 bits per heavy atom. The van der Waals surface area contributed by atoms with Crippen LogP contribution in [-0.4, -0.2) is 21.6 Å². The van der Waals surface area contributed by atoms with Crippen molar-refractivity contribution < 1.29 is 4.79 Å². The van der Waals surface area contributed by atoms with Gasteiger partial charge in [-0.05, 0) is 24.5 Å². The molecule has 1 aliphatic rings. The van der Waals surface area contributed by atoms with Crippen molar-refractivity contribution in [3.63, 3.8) is 0 Å². The first-order chi connectivity index (χ1) is 15.0. The Hall–Kier alpha value is -3.34. The topological polar surface area (TPSA) is 56.0 Å². The largest absolute Gasteiger partial charge is 0.351 e. The highest BCUT2D eigenvalue weighted by molar-refractivity contribution is 6.17. The lowest BCUT2D eigenvalue weighted by molar-refractivity contribution is 0.0944. The van der Waals surface area contributed by atoms with Crippen molar-refractivity contribution in [1.29, 1.82) is 0 Å². The minimum atomic E-state index is -0.126. The van der Waals surface area contributed by atoms with Crippen LogP contribution in [0.5, 0.6) is 0 Å². The molecule has 1 saturated carbocycles. The molecule has 5 heteroatoms. The van der Waals surface area contributed by atoms with Crippen LogP contribution in [-0.2, 0) is 19.5 Å². The minimum absolute atomic E-state index is 0.0184. The standard InChI is InChI=1S/C26H27N3O2/c1-28-16-20(22-19-12-6-7-13-21(19)29(2)23(22)25(28)31)24(30)27-17-26(14-8-9-15-26)18-10-4-3-5-11-18/h3-7,10-13,16H,8-9,14-15,17H2,1-2H3,(H,27,30). The summed E-state index contributed by atoms with van der Waals surface area (Å²) >= 11 is 0. The van der Waals surface area contributed by atoms with Crippen molar-refractivity contribution in [2.75, 3.05) is 6.54 Å². The van der Waals surface area contributed by atoms with Crippen LogP contribution in [0.2, 0.25) is 0 Å². The molecule has 0 radical (unpaired) electrons. The molecule has 0 spiro atoms. The molecule has 2 aromatic heterocycles. The number of hydrogen-bond donors (Lipinski definition) is 1. The molecule has 4 aromatic rings. The molecule has 2 heterocycles. The molecule has 5 rings (SSSR count). The fourth-order valence-electron chi connectivity index (χ4n) is 5.33. The molecule has 31 heavy (non-hydrogen) atoms. The molecule has 2 aromatic carbocycles. The van der Waals surface area contributed by atoms with Crippen molar-refractivity contribution in [3.8, 4) is 0 Å². The van der Waals surface area contributed by atoms with Gasteiger partial charge in [0.25, 0.3) is 11.5 Å². The summed E-state index contributed by atoms with van der Waals surface area (Å²) in [5.41, 5.74) is 3.25. The van der Waals surface area contributed by atoms with E-state index >= 15 is 0 Å². The number of fused-ring (bicyclic) bond motifs is 3. The first-order valence-corrected chi connectivity index (χ1v) is 10.9. The molecule has 0 atom stereocenters. The third kappa shape index (κ3) is 3.07. The summed E-state index contributed by atoms with van der Waals surface area (Å²) in [5, 5.41) is 4.90. The van der Waals surface area contributed by atoms with Crippen LogP contribution in [0.4, 0.5) is 0 Å². The third-order valence-corrected chi connectivity index (χ3v) is 7.00. The number of amides is 1. The van der Waals surface area contributed by atoms with Gasteiger partial charge in [0.05, 0.1) is 5.56 Å². The zero-order valence-electron chi connectivity index (χ0n) is 18.0. The van der Waals surface area contributed by atoms with E-state index < -0.39 is 0 Å². The number of aryl methyl sites for hydroxylation is 2. The molecule has 0 aliphatic heterocycles. The number of hydrogen-bond acceptors (Lipinski definition) is 2. The zero-order chi connectivity index (χ0) is 21.6. The molecule has 1 fully saturated rings. The lowest BCUT2D eigenvalue weighted by atomic mass is 9.79. The normalized spacial score (nSPS) is 15.5. The lowest BCUT2D eigenvalue weighted by Gasteiger charge is -2.30. The Morgan fingerprint density at radius 3 is 2.42 bits per heavy atom. The molecular weight excluding hydrogens is 386 g/mol. The number of nitrogens with one attached hydrogen (secondary N) is 1. The number of rotatable bonds is 4. The summed E-state index contributed by atoms with van der Waals surface area (Å²) in [4.78, 5) is 26.4. The molecule has 0 bridgehead atoms. The quantitative estimate of drug-likeness (QED) is 0.543. The van der Waals surface area contributed by atoms with Gasteiger partial charge in [-0.3, -0.25) is 9.59 Å². The number of carbonyl (C=O) groups is 1. The number of para-hydroxylation sites is 1. The number of carbonyl (C=O) groups excluding carboxylic acids is 1. The van der Waals surface area contributed by atoms with Gasteiger partial charge in [0.1, 0.15) is 5.52 Å². The smallest absolute Gasteiger partial charge is 0.274 e. The molecule has 1 N–H and O–H groups in total. The Bertz CT molecular complexity index is 1340. The van der Waals surface area contributed by atoms with Crippen molar-refractivity contribution in [2.24, 2.45) is 14.1 Å². The SMILES string of the molecule is Cn1cc(C(=O)NCC2(c3ccccc3)CCCC2)c2c3ccccc3n(C)c2c1=O. The number of pyridine rings is 1. The van der Waals surface area contributed by atoms with Crippen LogP contribution in [0.1, 0.15) is 41.6 Å². The number of aromatic nitrogens is 2. The number of benzene rings is 2. The van der Waals surface area contributed by atoms with Gasteiger partial charge in [-0.25, -0.2) is 0 Å². The zero-order valence-corrected chi connectivity index (χ0v) is 18.0. The van der Waals surface area contributed by atoms with Crippen molar-refractivity contribution in [2.45, 2.75) is 31.1 Å². The fourth-order valence-corrected chi connectivity index (χ4v) is 5.33. The van der Waals surface area contributed by atoms with Crippen LogP contribution >= 0.6 is 0 Å². The van der Waals surface area contributed by atoms with Gasteiger partial charge in [-0.1, -0.05) is 61.4 Å². The highest BCUT2D eigenvalue weighted by Gasteiger charge is 2.36. The van der Waals surface area contributed by atoms with E-state index in [-0.39, 0.29) is 16.9 Å². The average molecular weight is 414 g/mol. The summed E-state index contributed by atoms with van der Waals surface area (Å²) in [7, 11) is 3.59. The second-order valence-corrected chi connectivity index (χ2v) is 8.79. The average Bonchev–Trinajstić information content (AvgIpc) is 3.40. The minimum Gasteiger partial charge on any atom is -0.351 e. The van der Waals surface area contributed by atoms with Gasteiger partial charge in [0.15, 0.2) is 0 Å². The monoisotopic (exact) mass is 413 g/mol. The molecular formula is C26H27N3O2. The van der Waals surface area contributed by atoms with Crippen LogP contribution in [0.15, 0.2) is 65.6 Å². The predicted octanol–water partition coefficient (Wildman–Crippen LogP) is 4.27. The van der Waals surface area contributed by atoms with E-state index in [0.717, 1.165) is 29.1 Å². The summed E-state index contributed by atoms with van der Waals surface area (Å²) in [6.45, 7) is 0.602. The van der Waals surface area contributed by atoms with E-state index in [0.29, 0.717) is 17.6 Å². The second kappa shape index (κ2) is 7.41. The molecule has 0 saturated heterocycles. The van der Waals surface area contributed by atoms with E-state index in [1.54, 1.807) is 13.2 Å². The summed E-state index contributed by atoms with van der Waals surface area (Å²) in [6, 6.07) is 18.4. The summed E-state index contributed by atoms with van der Waals surface area (Å²) in [5.74, 6) is -0.126. The lowest BCUT2D eigenvalue weighted by Crippen LogP contribution is -2.39. The van der Waals surface area contributed by atoms with Crippen molar-refractivity contribution in [3.05, 3.63) is 82.3 Å². The Balaban J connectivity index is 1.57. The van der Waals surface area contributed by atoms with Gasteiger partial charge in [-0.15, -0.1) is 0 Å². The number of nitrogens with zero attached hydrogens (tertiary/aromatic N) is 2. The van der Waals surface area contributed by atoms with Crippen LogP contribution in [0.25, 0.3) is 21.8 Å². The summed E-state index contributed by atoms with van der Waals surface area (Å²) < 4.78 is 3.41. The molecule has 5 nitrogen and oxygen atoms in total. The first-order valence-electron chi connectivity index (χ1n) is 10.9. The Labute approximate surface area is 181 Å². The molecule has 158 valence electrons. The maximum atomic E-state index is 13.5. The van der Waals surface area contributed by atoms with Gasteiger partial charge < -0.3 is 14.5 Å². The fraction of sp³-hybridized carbons (Fsp3) is 0.308.